The molecule has 1 aromatic carbocycles. The molecule has 21 heavy (non-hydrogen) atoms. The minimum Gasteiger partial charge on any atom is -0.497 e. The third-order valence-electron chi connectivity index (χ3n) is 4.07. The van der Waals surface area contributed by atoms with Crippen molar-refractivity contribution in [3.05, 3.63) is 22.7 Å². The van der Waals surface area contributed by atoms with Crippen LogP contribution in [0.2, 0.25) is 0 Å². The summed E-state index contributed by atoms with van der Waals surface area (Å²) in [6.07, 6.45) is 0. The maximum absolute atomic E-state index is 12.7. The molecule has 2 fully saturated rings. The third-order valence-corrected chi connectivity index (χ3v) is 6.34. The average Bonchev–Trinajstić information content (AvgIpc) is 2.98. The van der Waals surface area contributed by atoms with Gasteiger partial charge in [0, 0.05) is 23.6 Å². The van der Waals surface area contributed by atoms with Crippen LogP contribution in [0.1, 0.15) is 0 Å². The van der Waals surface area contributed by atoms with Crippen LogP contribution in [-0.2, 0) is 10.0 Å². The van der Waals surface area contributed by atoms with Crippen LogP contribution in [0.25, 0.3) is 0 Å². The first-order valence-electron chi connectivity index (χ1n) is 6.56. The van der Waals surface area contributed by atoms with Crippen LogP contribution in [0.15, 0.2) is 27.6 Å². The SMILES string of the molecule is COc1cc(Br)cc(S(=O)(=O)N2C[C@H]3CNC[C@H]3C2)c1.Cl. The minimum absolute atomic E-state index is 0. The molecular formula is C13H18BrClN2O3S. The van der Waals surface area contributed by atoms with Crippen LogP contribution in [0, 0.1) is 11.8 Å². The lowest BCUT2D eigenvalue weighted by atomic mass is 10.0. The number of nitrogens with one attached hydrogen (secondary N) is 1. The molecule has 2 atom stereocenters. The molecule has 3 rings (SSSR count). The van der Waals surface area contributed by atoms with Crippen molar-refractivity contribution in [3.63, 3.8) is 0 Å². The number of benzene rings is 1. The topological polar surface area (TPSA) is 58.6 Å². The highest BCUT2D eigenvalue weighted by Gasteiger charge is 2.41. The Morgan fingerprint density at radius 3 is 2.43 bits per heavy atom. The Kier molecular flexibility index (Phi) is 5.20. The van der Waals surface area contributed by atoms with Gasteiger partial charge in [-0.1, -0.05) is 15.9 Å². The first-order valence-corrected chi connectivity index (χ1v) is 8.79. The molecule has 1 N–H and O–H groups in total. The van der Waals surface area contributed by atoms with Crippen molar-refractivity contribution in [3.8, 4) is 5.75 Å². The fourth-order valence-electron chi connectivity index (χ4n) is 2.96. The summed E-state index contributed by atoms with van der Waals surface area (Å²) in [5, 5.41) is 3.31. The molecule has 5 nitrogen and oxygen atoms in total. The van der Waals surface area contributed by atoms with E-state index in [9.17, 15) is 8.42 Å². The summed E-state index contributed by atoms with van der Waals surface area (Å²) in [6.45, 7) is 3.04. The van der Waals surface area contributed by atoms with Gasteiger partial charge < -0.3 is 10.1 Å². The molecule has 2 saturated heterocycles. The van der Waals surface area contributed by atoms with Gasteiger partial charge in [-0.15, -0.1) is 12.4 Å². The summed E-state index contributed by atoms with van der Waals surface area (Å²) in [7, 11) is -1.91. The minimum atomic E-state index is -3.44. The van der Waals surface area contributed by atoms with Gasteiger partial charge in [0.2, 0.25) is 10.0 Å². The maximum Gasteiger partial charge on any atom is 0.243 e. The Balaban J connectivity index is 0.00000161. The summed E-state index contributed by atoms with van der Waals surface area (Å²) in [6, 6.07) is 4.96. The molecule has 0 radical (unpaired) electrons. The van der Waals surface area contributed by atoms with Crippen LogP contribution >= 0.6 is 28.3 Å². The molecule has 2 heterocycles. The van der Waals surface area contributed by atoms with Gasteiger partial charge >= 0.3 is 0 Å². The second kappa shape index (κ2) is 6.42. The molecule has 0 spiro atoms. The molecule has 0 saturated carbocycles. The van der Waals surface area contributed by atoms with Crippen LogP contribution in [0.5, 0.6) is 5.75 Å². The summed E-state index contributed by atoms with van der Waals surface area (Å²) in [5.41, 5.74) is 0. The molecule has 2 aliphatic rings. The summed E-state index contributed by atoms with van der Waals surface area (Å²) in [5.74, 6) is 1.43. The van der Waals surface area contributed by atoms with Gasteiger partial charge in [0.05, 0.1) is 12.0 Å². The molecule has 0 aliphatic carbocycles. The lowest BCUT2D eigenvalue weighted by molar-refractivity contribution is 0.412. The molecule has 8 heteroatoms. The quantitative estimate of drug-likeness (QED) is 0.844. The van der Waals surface area contributed by atoms with Crippen LogP contribution < -0.4 is 10.1 Å². The van der Waals surface area contributed by atoms with E-state index in [2.05, 4.69) is 21.2 Å². The van der Waals surface area contributed by atoms with Crippen molar-refractivity contribution in [2.75, 3.05) is 33.3 Å². The van der Waals surface area contributed by atoms with E-state index < -0.39 is 10.0 Å². The van der Waals surface area contributed by atoms with E-state index in [4.69, 9.17) is 4.74 Å². The van der Waals surface area contributed by atoms with Crippen molar-refractivity contribution in [1.29, 1.82) is 0 Å². The van der Waals surface area contributed by atoms with Crippen molar-refractivity contribution < 1.29 is 13.2 Å². The first-order chi connectivity index (χ1) is 9.50. The van der Waals surface area contributed by atoms with E-state index in [0.717, 1.165) is 13.1 Å². The molecule has 1 aromatic rings. The van der Waals surface area contributed by atoms with Gasteiger partial charge in [0.25, 0.3) is 0 Å². The molecule has 2 aliphatic heterocycles. The van der Waals surface area contributed by atoms with Crippen LogP contribution in [-0.4, -0.2) is 46.0 Å². The molecular weight excluding hydrogens is 380 g/mol. The highest BCUT2D eigenvalue weighted by molar-refractivity contribution is 9.10. The molecule has 0 amide bonds. The van der Waals surface area contributed by atoms with Gasteiger partial charge in [0.15, 0.2) is 0 Å². The zero-order valence-electron chi connectivity index (χ0n) is 11.6. The highest BCUT2D eigenvalue weighted by atomic mass is 79.9. The number of fused-ring (bicyclic) bond motifs is 1. The fraction of sp³-hybridized carbons (Fsp3) is 0.538. The molecule has 118 valence electrons. The lowest BCUT2D eigenvalue weighted by Gasteiger charge is -2.18. The smallest absolute Gasteiger partial charge is 0.243 e. The number of sulfonamides is 1. The van der Waals surface area contributed by atoms with E-state index in [0.29, 0.717) is 35.1 Å². The Hall–Kier alpha value is -0.340. The predicted molar refractivity (Wildman–Crippen MR) is 86.6 cm³/mol. The molecule has 0 unspecified atom stereocenters. The maximum atomic E-state index is 12.7. The summed E-state index contributed by atoms with van der Waals surface area (Å²) in [4.78, 5) is 0.289. The number of methoxy groups -OCH3 is 1. The monoisotopic (exact) mass is 396 g/mol. The number of hydrogen-bond donors (Lipinski definition) is 1. The Bertz CT molecular complexity index is 614. The Morgan fingerprint density at radius 2 is 1.86 bits per heavy atom. The van der Waals surface area contributed by atoms with Crippen molar-refractivity contribution in [2.24, 2.45) is 11.8 Å². The fourth-order valence-corrected chi connectivity index (χ4v) is 5.20. The van der Waals surface area contributed by atoms with Crippen molar-refractivity contribution in [2.45, 2.75) is 4.90 Å². The van der Waals surface area contributed by atoms with Crippen molar-refractivity contribution in [1.82, 2.24) is 9.62 Å². The van der Waals surface area contributed by atoms with Gasteiger partial charge in [-0.05, 0) is 37.1 Å². The third kappa shape index (κ3) is 3.22. The second-order valence-electron chi connectivity index (χ2n) is 5.33. The largest absolute Gasteiger partial charge is 0.497 e. The average molecular weight is 398 g/mol. The Labute approximate surface area is 139 Å². The lowest BCUT2D eigenvalue weighted by Crippen LogP contribution is -2.32. The second-order valence-corrected chi connectivity index (χ2v) is 8.18. The molecule has 0 aromatic heterocycles. The first kappa shape index (κ1) is 17.0. The van der Waals surface area contributed by atoms with E-state index in [-0.39, 0.29) is 17.3 Å². The molecule has 0 bridgehead atoms. The van der Waals surface area contributed by atoms with Crippen LogP contribution in [0.3, 0.4) is 0 Å². The van der Waals surface area contributed by atoms with E-state index in [1.54, 1.807) is 22.5 Å². The predicted octanol–water partition coefficient (Wildman–Crippen LogP) is 1.72. The number of halogens is 2. The standard InChI is InChI=1S/C13H17BrN2O3S.ClH/c1-19-12-2-11(14)3-13(4-12)20(17,18)16-7-9-5-15-6-10(9)8-16;/h2-4,9-10,15H,5-8H2,1H3;1H/t9-,10+;. The zero-order valence-corrected chi connectivity index (χ0v) is 14.8. The van der Waals surface area contributed by atoms with E-state index >= 15 is 0 Å². The van der Waals surface area contributed by atoms with Gasteiger partial charge in [-0.25, -0.2) is 8.42 Å². The summed E-state index contributed by atoms with van der Waals surface area (Å²) >= 11 is 3.33. The number of nitrogens with zero attached hydrogens (tertiary/aromatic N) is 1. The highest BCUT2D eigenvalue weighted by Crippen LogP contribution is 2.32. The summed E-state index contributed by atoms with van der Waals surface area (Å²) < 4.78 is 32.9. The number of rotatable bonds is 3. The normalized spacial score (nSPS) is 25.4. The zero-order chi connectivity index (χ0) is 14.3. The number of hydrogen-bond acceptors (Lipinski definition) is 4. The van der Waals surface area contributed by atoms with Crippen LogP contribution in [0.4, 0.5) is 0 Å². The van der Waals surface area contributed by atoms with Gasteiger partial charge in [0.1, 0.15) is 5.75 Å². The number of ether oxygens (including phenoxy) is 1. The Morgan fingerprint density at radius 1 is 1.24 bits per heavy atom. The van der Waals surface area contributed by atoms with Crippen molar-refractivity contribution >= 4 is 38.4 Å². The van der Waals surface area contributed by atoms with Gasteiger partial charge in [-0.2, -0.15) is 4.31 Å². The van der Waals surface area contributed by atoms with E-state index in [1.165, 1.54) is 7.11 Å². The van der Waals surface area contributed by atoms with E-state index in [1.807, 2.05) is 0 Å². The van der Waals surface area contributed by atoms with Gasteiger partial charge in [-0.3, -0.25) is 0 Å².